The van der Waals surface area contributed by atoms with E-state index in [1.165, 1.54) is 0 Å². The number of halogens is 1. The molecule has 0 bridgehead atoms. The smallest absolute Gasteiger partial charge is 0.341 e. The van der Waals surface area contributed by atoms with Crippen LogP contribution in [-0.4, -0.2) is 20.5 Å². The van der Waals surface area contributed by atoms with Crippen LogP contribution in [-0.2, 0) is 14.8 Å². The summed E-state index contributed by atoms with van der Waals surface area (Å²) in [7, 11) is -3.99. The molecule has 0 heterocycles. The summed E-state index contributed by atoms with van der Waals surface area (Å²) < 4.78 is 41.5. The lowest BCUT2D eigenvalue weighted by Gasteiger charge is -2.26. The Morgan fingerprint density at radius 1 is 1.38 bits per heavy atom. The Morgan fingerprint density at radius 2 is 2.10 bits per heavy atom. The van der Waals surface area contributed by atoms with E-state index in [4.69, 9.17) is 9.88 Å². The largest absolute Gasteiger partial charge is 0.459 e. The minimum absolute atomic E-state index is 0.251. The van der Waals surface area contributed by atoms with Crippen LogP contribution in [0.15, 0.2) is 23.1 Å². The van der Waals surface area contributed by atoms with Crippen molar-refractivity contribution >= 4 is 16.0 Å². The zero-order valence-electron chi connectivity index (χ0n) is 11.7. The van der Waals surface area contributed by atoms with Crippen molar-refractivity contribution in [2.75, 3.05) is 0 Å². The Balaban J connectivity index is 2.18. The van der Waals surface area contributed by atoms with Gasteiger partial charge >= 0.3 is 5.97 Å². The fraction of sp³-hybridized carbons (Fsp3) is 0.500. The van der Waals surface area contributed by atoms with Gasteiger partial charge in [-0.3, -0.25) is 0 Å². The molecule has 1 aromatic carbocycles. The third kappa shape index (κ3) is 4.01. The molecule has 7 heteroatoms. The summed E-state index contributed by atoms with van der Waals surface area (Å²) in [6.07, 6.45) is 3.27. The van der Waals surface area contributed by atoms with E-state index >= 15 is 0 Å². The molecule has 1 saturated carbocycles. The minimum Gasteiger partial charge on any atom is -0.459 e. The van der Waals surface area contributed by atoms with E-state index in [9.17, 15) is 17.6 Å². The maximum atomic E-state index is 13.7. The number of carbonyl (C=O) groups is 1. The summed E-state index contributed by atoms with van der Waals surface area (Å²) in [5.41, 5.74) is -0.403. The monoisotopic (exact) mass is 315 g/mol. The third-order valence-electron chi connectivity index (χ3n) is 3.65. The topological polar surface area (TPSA) is 86.5 Å². The molecule has 0 amide bonds. The maximum absolute atomic E-state index is 13.7. The molecule has 116 valence electrons. The molecule has 2 unspecified atom stereocenters. The summed E-state index contributed by atoms with van der Waals surface area (Å²) in [5, 5.41) is 4.98. The predicted molar refractivity (Wildman–Crippen MR) is 74.6 cm³/mol. The minimum atomic E-state index is -3.99. The molecule has 21 heavy (non-hydrogen) atoms. The Bertz CT molecular complexity index is 644. The second kappa shape index (κ2) is 6.11. The molecule has 2 atom stereocenters. The quantitative estimate of drug-likeness (QED) is 0.866. The van der Waals surface area contributed by atoms with Gasteiger partial charge in [-0.25, -0.2) is 22.7 Å². The van der Waals surface area contributed by atoms with Gasteiger partial charge in [-0.1, -0.05) is 13.3 Å². The third-order valence-corrected chi connectivity index (χ3v) is 4.56. The van der Waals surface area contributed by atoms with Crippen LogP contribution in [0.5, 0.6) is 0 Å². The Morgan fingerprint density at radius 3 is 2.71 bits per heavy atom. The first-order chi connectivity index (χ1) is 9.77. The number of benzene rings is 1. The fourth-order valence-electron chi connectivity index (χ4n) is 2.54. The van der Waals surface area contributed by atoms with Crippen molar-refractivity contribution in [3.8, 4) is 0 Å². The average molecular weight is 315 g/mol. The normalized spacial score (nSPS) is 22.8. The first kappa shape index (κ1) is 15.9. The van der Waals surface area contributed by atoms with Gasteiger partial charge in [0.25, 0.3) is 0 Å². The van der Waals surface area contributed by atoms with Crippen LogP contribution in [0.3, 0.4) is 0 Å². The van der Waals surface area contributed by atoms with Crippen LogP contribution < -0.4 is 5.14 Å². The van der Waals surface area contributed by atoms with Crippen LogP contribution in [0.1, 0.15) is 43.0 Å². The molecular weight excluding hydrogens is 297 g/mol. The molecule has 2 N–H and O–H groups in total. The number of hydrogen-bond acceptors (Lipinski definition) is 4. The van der Waals surface area contributed by atoms with E-state index in [0.29, 0.717) is 5.92 Å². The highest BCUT2D eigenvalue weighted by atomic mass is 32.2. The van der Waals surface area contributed by atoms with Gasteiger partial charge in [0, 0.05) is 0 Å². The highest BCUT2D eigenvalue weighted by Gasteiger charge is 2.25. The molecule has 0 spiro atoms. The molecule has 0 radical (unpaired) electrons. The van der Waals surface area contributed by atoms with Crippen molar-refractivity contribution in [3.05, 3.63) is 29.6 Å². The van der Waals surface area contributed by atoms with Gasteiger partial charge in [-0.15, -0.1) is 0 Å². The van der Waals surface area contributed by atoms with Crippen molar-refractivity contribution < 1.29 is 22.3 Å². The second-order valence-corrected chi connectivity index (χ2v) is 7.05. The molecule has 0 saturated heterocycles. The van der Waals surface area contributed by atoms with Crippen molar-refractivity contribution in [2.45, 2.75) is 43.6 Å². The summed E-state index contributed by atoms with van der Waals surface area (Å²) >= 11 is 0. The van der Waals surface area contributed by atoms with Gasteiger partial charge in [-0.05, 0) is 43.4 Å². The maximum Gasteiger partial charge on any atom is 0.341 e. The molecule has 5 nitrogen and oxygen atoms in total. The number of sulfonamides is 1. The van der Waals surface area contributed by atoms with Crippen LogP contribution in [0.2, 0.25) is 0 Å². The molecular formula is C14H18FNO4S. The van der Waals surface area contributed by atoms with Crippen molar-refractivity contribution in [2.24, 2.45) is 11.1 Å². The number of carbonyl (C=O) groups excluding carboxylic acids is 1. The number of nitrogens with two attached hydrogens (primary N) is 1. The molecule has 2 rings (SSSR count). The average Bonchev–Trinajstić information content (AvgIpc) is 2.37. The Kier molecular flexibility index (Phi) is 4.63. The van der Waals surface area contributed by atoms with E-state index in [0.717, 1.165) is 43.9 Å². The number of primary sulfonamides is 1. The predicted octanol–water partition coefficient (Wildman–Crippen LogP) is 2.21. The van der Waals surface area contributed by atoms with Crippen LogP contribution >= 0.6 is 0 Å². The van der Waals surface area contributed by atoms with Crippen LogP contribution in [0.25, 0.3) is 0 Å². The molecule has 1 aromatic rings. The highest BCUT2D eigenvalue weighted by Crippen LogP contribution is 2.27. The number of ether oxygens (including phenoxy) is 1. The summed E-state index contributed by atoms with van der Waals surface area (Å²) in [5.74, 6) is -1.22. The Hall–Kier alpha value is -1.47. The second-order valence-electron chi connectivity index (χ2n) is 5.49. The van der Waals surface area contributed by atoms with Gasteiger partial charge in [0.2, 0.25) is 10.0 Å². The van der Waals surface area contributed by atoms with Gasteiger partial charge < -0.3 is 4.74 Å². The van der Waals surface area contributed by atoms with Gasteiger partial charge in [0.1, 0.15) is 11.9 Å². The van der Waals surface area contributed by atoms with Crippen molar-refractivity contribution in [1.82, 2.24) is 0 Å². The molecule has 1 fully saturated rings. The molecule has 0 aliphatic heterocycles. The first-order valence-corrected chi connectivity index (χ1v) is 8.35. The van der Waals surface area contributed by atoms with E-state index in [2.05, 4.69) is 6.92 Å². The summed E-state index contributed by atoms with van der Waals surface area (Å²) in [6, 6.07) is 2.84. The standard InChI is InChI=1S/C14H18FNO4S/c1-9-3-2-4-10(7-9)20-14(17)12-8-11(21(16,18)19)5-6-13(12)15/h5-6,8-10H,2-4,7H2,1H3,(H2,16,18,19). The Labute approximate surface area is 123 Å². The first-order valence-electron chi connectivity index (χ1n) is 6.80. The van der Waals surface area contributed by atoms with Gasteiger partial charge in [0.15, 0.2) is 0 Å². The lowest BCUT2D eigenvalue weighted by molar-refractivity contribution is 0.0150. The van der Waals surface area contributed by atoms with Crippen LogP contribution in [0.4, 0.5) is 4.39 Å². The molecule has 1 aliphatic rings. The highest BCUT2D eigenvalue weighted by molar-refractivity contribution is 7.89. The lowest BCUT2D eigenvalue weighted by Crippen LogP contribution is -2.25. The van der Waals surface area contributed by atoms with E-state index in [1.807, 2.05) is 0 Å². The van der Waals surface area contributed by atoms with Crippen molar-refractivity contribution in [3.63, 3.8) is 0 Å². The van der Waals surface area contributed by atoms with E-state index < -0.39 is 27.4 Å². The summed E-state index contributed by atoms with van der Waals surface area (Å²) in [4.78, 5) is 11.7. The van der Waals surface area contributed by atoms with Crippen molar-refractivity contribution in [1.29, 1.82) is 0 Å². The SMILES string of the molecule is CC1CCCC(OC(=O)c2cc(S(N)(=O)=O)ccc2F)C1. The number of rotatable bonds is 3. The number of esters is 1. The lowest BCUT2D eigenvalue weighted by atomic mass is 9.89. The summed E-state index contributed by atoms with van der Waals surface area (Å²) in [6.45, 7) is 2.07. The fourth-order valence-corrected chi connectivity index (χ4v) is 3.08. The molecule has 0 aromatic heterocycles. The van der Waals surface area contributed by atoms with E-state index in [1.54, 1.807) is 0 Å². The van der Waals surface area contributed by atoms with Gasteiger partial charge in [0.05, 0.1) is 10.5 Å². The van der Waals surface area contributed by atoms with Crippen LogP contribution in [0, 0.1) is 11.7 Å². The zero-order chi connectivity index (χ0) is 15.6. The van der Waals surface area contributed by atoms with Gasteiger partial charge in [-0.2, -0.15) is 0 Å². The zero-order valence-corrected chi connectivity index (χ0v) is 12.5. The molecule has 1 aliphatic carbocycles. The number of hydrogen-bond donors (Lipinski definition) is 1. The van der Waals surface area contributed by atoms with E-state index in [-0.39, 0.29) is 11.0 Å².